The van der Waals surface area contributed by atoms with Crippen molar-refractivity contribution in [1.29, 1.82) is 0 Å². The fraction of sp³-hybridized carbons (Fsp3) is 0.750. The standard InChI is InChI=1S/C12H22N2O/c1-5-7-8-10-11(6-2)13-14(9(3)4)12(10)15/h9,13H,5-8H2,1-4H3. The van der Waals surface area contributed by atoms with Crippen molar-refractivity contribution in [2.45, 2.75) is 59.4 Å². The van der Waals surface area contributed by atoms with E-state index < -0.39 is 0 Å². The summed E-state index contributed by atoms with van der Waals surface area (Å²) >= 11 is 0. The van der Waals surface area contributed by atoms with Gasteiger partial charge in [-0.25, -0.2) is 0 Å². The SMILES string of the molecule is CCCCc1c(CC)[nH]n(C(C)C)c1=O. The molecule has 1 aromatic rings. The first kappa shape index (κ1) is 12.1. The van der Waals surface area contributed by atoms with Crippen LogP contribution in [0.1, 0.15) is 57.8 Å². The normalized spacial score (nSPS) is 11.3. The van der Waals surface area contributed by atoms with Gasteiger partial charge in [0.2, 0.25) is 0 Å². The fourth-order valence-electron chi connectivity index (χ4n) is 1.81. The summed E-state index contributed by atoms with van der Waals surface area (Å²) in [6, 6.07) is 0.221. The van der Waals surface area contributed by atoms with Crippen molar-refractivity contribution in [3.8, 4) is 0 Å². The van der Waals surface area contributed by atoms with Crippen LogP contribution in [0.3, 0.4) is 0 Å². The summed E-state index contributed by atoms with van der Waals surface area (Å²) < 4.78 is 1.74. The molecule has 15 heavy (non-hydrogen) atoms. The molecule has 0 atom stereocenters. The maximum Gasteiger partial charge on any atom is 0.270 e. The highest BCUT2D eigenvalue weighted by Gasteiger charge is 2.13. The largest absolute Gasteiger partial charge is 0.299 e. The number of rotatable bonds is 5. The third-order valence-electron chi connectivity index (χ3n) is 2.75. The molecule has 0 aliphatic carbocycles. The van der Waals surface area contributed by atoms with E-state index in [-0.39, 0.29) is 11.6 Å². The number of nitrogens with one attached hydrogen (secondary N) is 1. The minimum Gasteiger partial charge on any atom is -0.299 e. The summed E-state index contributed by atoms with van der Waals surface area (Å²) in [5.74, 6) is 0. The molecular weight excluding hydrogens is 188 g/mol. The van der Waals surface area contributed by atoms with E-state index >= 15 is 0 Å². The van der Waals surface area contributed by atoms with Crippen LogP contribution in [0.5, 0.6) is 0 Å². The van der Waals surface area contributed by atoms with E-state index in [1.165, 1.54) is 0 Å². The Hall–Kier alpha value is -0.990. The van der Waals surface area contributed by atoms with Crippen LogP contribution in [0.25, 0.3) is 0 Å². The second-order valence-corrected chi connectivity index (χ2v) is 4.29. The van der Waals surface area contributed by atoms with Crippen LogP contribution < -0.4 is 5.56 Å². The molecule has 0 amide bonds. The predicted octanol–water partition coefficient (Wildman–Crippen LogP) is 2.66. The van der Waals surface area contributed by atoms with E-state index in [4.69, 9.17) is 0 Å². The Kier molecular flexibility index (Phi) is 4.18. The van der Waals surface area contributed by atoms with E-state index in [2.05, 4.69) is 18.9 Å². The van der Waals surface area contributed by atoms with Gasteiger partial charge in [-0.1, -0.05) is 20.3 Å². The third kappa shape index (κ3) is 2.52. The zero-order valence-electron chi connectivity index (χ0n) is 10.3. The number of hydrogen-bond donors (Lipinski definition) is 1. The van der Waals surface area contributed by atoms with E-state index in [1.807, 2.05) is 13.8 Å². The molecule has 0 aliphatic rings. The average Bonchev–Trinajstić information content (AvgIpc) is 2.52. The summed E-state index contributed by atoms with van der Waals surface area (Å²) in [5.41, 5.74) is 2.28. The molecule has 3 heteroatoms. The first-order valence-electron chi connectivity index (χ1n) is 5.94. The second kappa shape index (κ2) is 5.19. The summed E-state index contributed by atoms with van der Waals surface area (Å²) in [4.78, 5) is 12.0. The van der Waals surface area contributed by atoms with E-state index in [0.717, 1.165) is 36.9 Å². The van der Waals surface area contributed by atoms with Gasteiger partial charge in [0.15, 0.2) is 0 Å². The highest BCUT2D eigenvalue weighted by molar-refractivity contribution is 5.17. The molecular formula is C12H22N2O. The molecule has 0 saturated carbocycles. The van der Waals surface area contributed by atoms with Gasteiger partial charge in [-0.05, 0) is 33.1 Å². The number of unbranched alkanes of at least 4 members (excludes halogenated alkanes) is 1. The molecule has 1 rings (SSSR count). The van der Waals surface area contributed by atoms with Crippen molar-refractivity contribution < 1.29 is 0 Å². The van der Waals surface area contributed by atoms with Crippen molar-refractivity contribution in [2.75, 3.05) is 0 Å². The van der Waals surface area contributed by atoms with E-state index in [1.54, 1.807) is 4.68 Å². The summed E-state index contributed by atoms with van der Waals surface area (Å²) in [5, 5.41) is 3.21. The van der Waals surface area contributed by atoms with Gasteiger partial charge in [0.1, 0.15) is 0 Å². The molecule has 0 aliphatic heterocycles. The van der Waals surface area contributed by atoms with Crippen molar-refractivity contribution in [2.24, 2.45) is 0 Å². The Morgan fingerprint density at radius 1 is 1.33 bits per heavy atom. The summed E-state index contributed by atoms with van der Waals surface area (Å²) in [6.07, 6.45) is 4.05. The first-order valence-corrected chi connectivity index (χ1v) is 5.94. The number of aromatic nitrogens is 2. The maximum atomic E-state index is 12.0. The number of aromatic amines is 1. The van der Waals surface area contributed by atoms with Gasteiger partial charge >= 0.3 is 0 Å². The van der Waals surface area contributed by atoms with Crippen LogP contribution in [-0.4, -0.2) is 9.78 Å². The number of nitrogens with zero attached hydrogens (tertiary/aromatic N) is 1. The molecule has 0 radical (unpaired) electrons. The molecule has 0 bridgehead atoms. The third-order valence-corrected chi connectivity index (χ3v) is 2.75. The molecule has 1 N–H and O–H groups in total. The first-order chi connectivity index (χ1) is 7.11. The monoisotopic (exact) mass is 210 g/mol. The van der Waals surface area contributed by atoms with Gasteiger partial charge in [-0.15, -0.1) is 0 Å². The average molecular weight is 210 g/mol. The van der Waals surface area contributed by atoms with Gasteiger partial charge in [0, 0.05) is 17.3 Å². The highest BCUT2D eigenvalue weighted by atomic mass is 16.1. The lowest BCUT2D eigenvalue weighted by Gasteiger charge is -2.03. The maximum absolute atomic E-state index is 12.0. The molecule has 0 spiro atoms. The van der Waals surface area contributed by atoms with Gasteiger partial charge < -0.3 is 0 Å². The zero-order valence-corrected chi connectivity index (χ0v) is 10.3. The van der Waals surface area contributed by atoms with E-state index in [9.17, 15) is 4.79 Å². The Labute approximate surface area is 91.5 Å². The number of hydrogen-bond acceptors (Lipinski definition) is 1. The lowest BCUT2D eigenvalue weighted by molar-refractivity contribution is 0.511. The molecule has 3 nitrogen and oxygen atoms in total. The second-order valence-electron chi connectivity index (χ2n) is 4.29. The molecule has 0 aromatic carbocycles. The topological polar surface area (TPSA) is 37.8 Å². The Morgan fingerprint density at radius 2 is 2.00 bits per heavy atom. The van der Waals surface area contributed by atoms with Gasteiger partial charge in [-0.2, -0.15) is 0 Å². The molecule has 0 saturated heterocycles. The van der Waals surface area contributed by atoms with E-state index in [0.29, 0.717) is 0 Å². The van der Waals surface area contributed by atoms with Gasteiger partial charge in [0.05, 0.1) is 0 Å². The molecule has 1 heterocycles. The Bertz CT molecular complexity index is 360. The molecule has 1 aromatic heterocycles. The minimum atomic E-state index is 0.176. The van der Waals surface area contributed by atoms with Crippen molar-refractivity contribution in [1.82, 2.24) is 9.78 Å². The minimum absolute atomic E-state index is 0.176. The Morgan fingerprint density at radius 3 is 2.47 bits per heavy atom. The summed E-state index contributed by atoms with van der Waals surface area (Å²) in [7, 11) is 0. The highest BCUT2D eigenvalue weighted by Crippen LogP contribution is 2.09. The summed E-state index contributed by atoms with van der Waals surface area (Å²) in [6.45, 7) is 8.30. The van der Waals surface area contributed by atoms with Crippen LogP contribution in [0.4, 0.5) is 0 Å². The lowest BCUT2D eigenvalue weighted by atomic mass is 10.1. The van der Waals surface area contributed by atoms with Gasteiger partial charge in [0.25, 0.3) is 5.56 Å². The molecule has 86 valence electrons. The van der Waals surface area contributed by atoms with Crippen LogP contribution in [0.2, 0.25) is 0 Å². The quantitative estimate of drug-likeness (QED) is 0.797. The predicted molar refractivity (Wildman–Crippen MR) is 63.4 cm³/mol. The van der Waals surface area contributed by atoms with Gasteiger partial charge in [-0.3, -0.25) is 14.6 Å². The Balaban J connectivity index is 3.06. The van der Waals surface area contributed by atoms with Crippen LogP contribution in [0, 0.1) is 0 Å². The lowest BCUT2D eigenvalue weighted by Crippen LogP contribution is -2.20. The van der Waals surface area contributed by atoms with Crippen LogP contribution in [-0.2, 0) is 12.8 Å². The number of aryl methyl sites for hydroxylation is 1. The zero-order chi connectivity index (χ0) is 11.4. The molecule has 0 unspecified atom stereocenters. The van der Waals surface area contributed by atoms with Crippen molar-refractivity contribution in [3.05, 3.63) is 21.6 Å². The van der Waals surface area contributed by atoms with Crippen molar-refractivity contribution >= 4 is 0 Å². The fourth-order valence-corrected chi connectivity index (χ4v) is 1.81. The number of H-pyrrole nitrogens is 1. The molecule has 0 fully saturated rings. The van der Waals surface area contributed by atoms with Crippen LogP contribution >= 0.6 is 0 Å². The van der Waals surface area contributed by atoms with Crippen molar-refractivity contribution in [3.63, 3.8) is 0 Å². The smallest absolute Gasteiger partial charge is 0.270 e. The van der Waals surface area contributed by atoms with Crippen LogP contribution in [0.15, 0.2) is 4.79 Å².